The lowest BCUT2D eigenvalue weighted by Crippen LogP contribution is -2.24. The molecule has 0 spiro atoms. The minimum atomic E-state index is -0.540. The van der Waals surface area contributed by atoms with Crippen LogP contribution in [0.2, 0.25) is 0 Å². The van der Waals surface area contributed by atoms with Crippen LogP contribution in [-0.2, 0) is 11.3 Å². The molecule has 22 heavy (non-hydrogen) atoms. The number of nitrogens with one attached hydrogen (secondary N) is 1. The minimum Gasteiger partial charge on any atom is -0.408 e. The van der Waals surface area contributed by atoms with Gasteiger partial charge < -0.3 is 9.73 Å². The number of carbonyl (C=O) groups is 1. The molecular weight excluding hydrogens is 348 g/mol. The summed E-state index contributed by atoms with van der Waals surface area (Å²) < 4.78 is 7.33. The number of para-hydroxylation sites is 2. The second-order valence-electron chi connectivity index (χ2n) is 4.93. The number of aromatic nitrogens is 1. The molecule has 0 bridgehead atoms. The summed E-state index contributed by atoms with van der Waals surface area (Å²) in [7, 11) is 0. The Kier molecular flexibility index (Phi) is 3.85. The number of amides is 1. The molecule has 1 amide bonds. The summed E-state index contributed by atoms with van der Waals surface area (Å²) in [6.45, 7) is 1.87. The van der Waals surface area contributed by atoms with Crippen LogP contribution in [0.1, 0.15) is 5.56 Å². The van der Waals surface area contributed by atoms with Crippen molar-refractivity contribution in [3.8, 4) is 0 Å². The summed E-state index contributed by atoms with van der Waals surface area (Å²) in [6.07, 6.45) is 0. The zero-order valence-electron chi connectivity index (χ0n) is 11.8. The first kappa shape index (κ1) is 14.6. The van der Waals surface area contributed by atoms with E-state index in [4.69, 9.17) is 4.42 Å². The van der Waals surface area contributed by atoms with E-state index in [9.17, 15) is 9.59 Å². The number of carbonyl (C=O) groups excluding carboxylic acids is 1. The van der Waals surface area contributed by atoms with Crippen molar-refractivity contribution in [1.82, 2.24) is 4.57 Å². The molecule has 1 heterocycles. The van der Waals surface area contributed by atoms with Gasteiger partial charge in [0.2, 0.25) is 5.91 Å². The first-order chi connectivity index (χ1) is 10.5. The van der Waals surface area contributed by atoms with E-state index in [1.807, 2.05) is 25.1 Å². The monoisotopic (exact) mass is 360 g/mol. The Labute approximate surface area is 134 Å². The van der Waals surface area contributed by atoms with Gasteiger partial charge in [-0.15, -0.1) is 0 Å². The number of fused-ring (bicyclic) bond motifs is 1. The molecule has 0 unspecified atom stereocenters. The average Bonchev–Trinajstić information content (AvgIpc) is 2.79. The van der Waals surface area contributed by atoms with E-state index in [2.05, 4.69) is 21.2 Å². The van der Waals surface area contributed by atoms with Crippen LogP contribution < -0.4 is 11.1 Å². The van der Waals surface area contributed by atoms with E-state index in [-0.39, 0.29) is 12.5 Å². The van der Waals surface area contributed by atoms with Gasteiger partial charge in [0.1, 0.15) is 6.54 Å². The van der Waals surface area contributed by atoms with Crippen LogP contribution in [0.25, 0.3) is 11.1 Å². The topological polar surface area (TPSA) is 64.2 Å². The van der Waals surface area contributed by atoms with Crippen LogP contribution in [0.3, 0.4) is 0 Å². The standard InChI is InChI=1S/C16H13BrN2O3/c1-10-6-7-11(8-12(10)17)18-15(20)9-19-13-4-2-3-5-14(13)22-16(19)21/h2-8H,9H2,1H3,(H,18,20). The van der Waals surface area contributed by atoms with E-state index in [1.54, 1.807) is 24.3 Å². The smallest absolute Gasteiger partial charge is 0.408 e. The zero-order chi connectivity index (χ0) is 15.7. The maximum absolute atomic E-state index is 12.1. The van der Waals surface area contributed by atoms with Crippen molar-refractivity contribution in [3.63, 3.8) is 0 Å². The molecule has 5 nitrogen and oxygen atoms in total. The summed E-state index contributed by atoms with van der Waals surface area (Å²) in [6, 6.07) is 12.6. The number of benzene rings is 2. The van der Waals surface area contributed by atoms with Crippen molar-refractivity contribution < 1.29 is 9.21 Å². The van der Waals surface area contributed by atoms with Crippen LogP contribution in [-0.4, -0.2) is 10.5 Å². The number of rotatable bonds is 3. The van der Waals surface area contributed by atoms with Crippen LogP contribution in [0.15, 0.2) is 56.1 Å². The predicted octanol–water partition coefficient (Wildman–Crippen LogP) is 3.30. The van der Waals surface area contributed by atoms with E-state index in [0.717, 1.165) is 10.0 Å². The summed E-state index contributed by atoms with van der Waals surface area (Å²) in [5.41, 5.74) is 2.82. The molecule has 0 saturated carbocycles. The molecule has 0 atom stereocenters. The number of hydrogen-bond donors (Lipinski definition) is 1. The van der Waals surface area contributed by atoms with E-state index < -0.39 is 5.76 Å². The highest BCUT2D eigenvalue weighted by molar-refractivity contribution is 9.10. The lowest BCUT2D eigenvalue weighted by atomic mass is 10.2. The van der Waals surface area contributed by atoms with Gasteiger partial charge >= 0.3 is 5.76 Å². The molecule has 0 aliphatic carbocycles. The van der Waals surface area contributed by atoms with Gasteiger partial charge in [-0.3, -0.25) is 9.36 Å². The van der Waals surface area contributed by atoms with Gasteiger partial charge in [-0.2, -0.15) is 0 Å². The van der Waals surface area contributed by atoms with Crippen molar-refractivity contribution >= 4 is 38.6 Å². The van der Waals surface area contributed by atoms with Gasteiger partial charge in [0.05, 0.1) is 5.52 Å². The van der Waals surface area contributed by atoms with Crippen molar-refractivity contribution in [3.05, 3.63) is 63.1 Å². The van der Waals surface area contributed by atoms with Gasteiger partial charge in [0.25, 0.3) is 0 Å². The summed E-state index contributed by atoms with van der Waals surface area (Å²) in [5.74, 6) is -0.828. The third kappa shape index (κ3) is 2.82. The van der Waals surface area contributed by atoms with Crippen LogP contribution >= 0.6 is 15.9 Å². The van der Waals surface area contributed by atoms with E-state index in [1.165, 1.54) is 4.57 Å². The van der Waals surface area contributed by atoms with Crippen LogP contribution in [0.4, 0.5) is 5.69 Å². The minimum absolute atomic E-state index is 0.0959. The number of nitrogens with zero attached hydrogens (tertiary/aromatic N) is 1. The largest absolute Gasteiger partial charge is 0.420 e. The van der Waals surface area contributed by atoms with E-state index >= 15 is 0 Å². The van der Waals surface area contributed by atoms with Gasteiger partial charge in [0, 0.05) is 10.2 Å². The molecule has 0 saturated heterocycles. The highest BCUT2D eigenvalue weighted by Gasteiger charge is 2.12. The molecule has 3 rings (SSSR count). The SMILES string of the molecule is Cc1ccc(NC(=O)Cn2c(=O)oc3ccccc32)cc1Br. The van der Waals surface area contributed by atoms with Crippen molar-refractivity contribution in [1.29, 1.82) is 0 Å². The van der Waals surface area contributed by atoms with Crippen molar-refractivity contribution in [2.45, 2.75) is 13.5 Å². The quantitative estimate of drug-likeness (QED) is 0.779. The number of hydrogen-bond acceptors (Lipinski definition) is 3. The van der Waals surface area contributed by atoms with Crippen molar-refractivity contribution in [2.24, 2.45) is 0 Å². The Morgan fingerprint density at radius 3 is 2.82 bits per heavy atom. The molecule has 0 fully saturated rings. The molecule has 112 valence electrons. The molecule has 3 aromatic rings. The fourth-order valence-electron chi connectivity index (χ4n) is 2.18. The summed E-state index contributed by atoms with van der Waals surface area (Å²) >= 11 is 3.42. The maximum atomic E-state index is 12.1. The van der Waals surface area contributed by atoms with E-state index in [0.29, 0.717) is 16.8 Å². The third-order valence-electron chi connectivity index (χ3n) is 3.33. The lowest BCUT2D eigenvalue weighted by Gasteiger charge is -2.07. The molecule has 6 heteroatoms. The lowest BCUT2D eigenvalue weighted by molar-refractivity contribution is -0.116. The zero-order valence-corrected chi connectivity index (χ0v) is 13.4. The molecule has 1 N–H and O–H groups in total. The second-order valence-corrected chi connectivity index (χ2v) is 5.79. The first-order valence-electron chi connectivity index (χ1n) is 6.69. The average molecular weight is 361 g/mol. The predicted molar refractivity (Wildman–Crippen MR) is 88.0 cm³/mol. The molecule has 0 radical (unpaired) electrons. The van der Waals surface area contributed by atoms with Crippen molar-refractivity contribution in [2.75, 3.05) is 5.32 Å². The summed E-state index contributed by atoms with van der Waals surface area (Å²) in [5, 5.41) is 2.77. The number of oxazole rings is 1. The number of halogens is 1. The molecular formula is C16H13BrN2O3. The molecule has 1 aromatic heterocycles. The van der Waals surface area contributed by atoms with Gasteiger partial charge in [-0.1, -0.05) is 34.1 Å². The second kappa shape index (κ2) is 5.81. The molecule has 2 aromatic carbocycles. The Hall–Kier alpha value is -2.34. The molecule has 0 aliphatic rings. The number of anilines is 1. The summed E-state index contributed by atoms with van der Waals surface area (Å²) in [4.78, 5) is 24.0. The maximum Gasteiger partial charge on any atom is 0.420 e. The fourth-order valence-corrected chi connectivity index (χ4v) is 2.56. The third-order valence-corrected chi connectivity index (χ3v) is 4.19. The van der Waals surface area contributed by atoms with Crippen LogP contribution in [0.5, 0.6) is 0 Å². The normalized spacial score (nSPS) is 10.8. The van der Waals surface area contributed by atoms with Gasteiger partial charge in [0.15, 0.2) is 5.58 Å². The highest BCUT2D eigenvalue weighted by Crippen LogP contribution is 2.20. The fraction of sp³-hybridized carbons (Fsp3) is 0.125. The highest BCUT2D eigenvalue weighted by atomic mass is 79.9. The Morgan fingerprint density at radius 2 is 2.05 bits per heavy atom. The van der Waals surface area contributed by atoms with Gasteiger partial charge in [-0.05, 0) is 36.8 Å². The first-order valence-corrected chi connectivity index (χ1v) is 7.48. The van der Waals surface area contributed by atoms with Crippen LogP contribution in [0, 0.1) is 6.92 Å². The molecule has 0 aliphatic heterocycles. The van der Waals surface area contributed by atoms with Gasteiger partial charge in [-0.25, -0.2) is 4.79 Å². The Balaban J connectivity index is 1.82. The number of aryl methyl sites for hydroxylation is 1. The Bertz CT molecular complexity index is 911. The Morgan fingerprint density at radius 1 is 1.27 bits per heavy atom.